The molecule has 1 N–H and O–H groups in total. The summed E-state index contributed by atoms with van der Waals surface area (Å²) in [4.78, 5) is 0. The van der Waals surface area contributed by atoms with Crippen molar-refractivity contribution in [3.05, 3.63) is 6.92 Å². The zero-order chi connectivity index (χ0) is 5.91. The van der Waals surface area contributed by atoms with Gasteiger partial charge in [0.2, 0.25) is 0 Å². The van der Waals surface area contributed by atoms with Crippen LogP contribution < -0.4 is 0 Å². The van der Waals surface area contributed by atoms with Gasteiger partial charge in [-0.25, -0.2) is 0 Å². The summed E-state index contributed by atoms with van der Waals surface area (Å²) < 4.78 is 4.67. The van der Waals surface area contributed by atoms with Crippen LogP contribution in [0.15, 0.2) is 0 Å². The van der Waals surface area contributed by atoms with E-state index in [1.165, 1.54) is 6.92 Å². The van der Waals surface area contributed by atoms with Crippen LogP contribution in [0.1, 0.15) is 13.8 Å². The Morgan fingerprint density at radius 3 is 2.29 bits per heavy atom. The minimum atomic E-state index is -1.20. The molecule has 0 aliphatic carbocycles. The number of aliphatic hydroxyl groups is 1. The van der Waals surface area contributed by atoms with E-state index in [-0.39, 0.29) is 0 Å². The number of hydrogen-bond donors (Lipinski definition) is 1. The van der Waals surface area contributed by atoms with Crippen LogP contribution in [-0.2, 0) is 4.74 Å². The lowest BCUT2D eigenvalue weighted by molar-refractivity contribution is -0.151. The van der Waals surface area contributed by atoms with Crippen molar-refractivity contribution in [3.63, 3.8) is 0 Å². The lowest BCUT2D eigenvalue weighted by Crippen LogP contribution is -2.23. The quantitative estimate of drug-likeness (QED) is 0.517. The lowest BCUT2D eigenvalue weighted by Gasteiger charge is -2.15. The summed E-state index contributed by atoms with van der Waals surface area (Å²) in [5.74, 6) is -1.20. The first-order valence-electron chi connectivity index (χ1n) is 2.28. The normalized spacial score (nSPS) is 12.0. The third-order valence-corrected chi connectivity index (χ3v) is 0.455. The Morgan fingerprint density at radius 2 is 2.29 bits per heavy atom. The van der Waals surface area contributed by atoms with Crippen LogP contribution in [0.25, 0.3) is 0 Å². The fourth-order valence-corrected chi connectivity index (χ4v) is 0.311. The summed E-state index contributed by atoms with van der Waals surface area (Å²) in [6.45, 7) is 7.09. The Kier molecular flexibility index (Phi) is 2.26. The summed E-state index contributed by atoms with van der Waals surface area (Å²) in [6.07, 6.45) is 0. The van der Waals surface area contributed by atoms with Gasteiger partial charge in [-0.15, -0.1) is 0 Å². The first-order chi connectivity index (χ1) is 3.06. The first kappa shape index (κ1) is 6.92. The van der Waals surface area contributed by atoms with Crippen molar-refractivity contribution >= 4 is 0 Å². The number of ether oxygens (including phenoxy) is 1. The smallest absolute Gasteiger partial charge is 0.162 e. The molecule has 0 spiro atoms. The highest BCUT2D eigenvalue weighted by molar-refractivity contribution is 4.59. The molecular formula is C5H11O2. The van der Waals surface area contributed by atoms with Crippen LogP contribution in [-0.4, -0.2) is 17.5 Å². The van der Waals surface area contributed by atoms with Crippen molar-refractivity contribution in [1.82, 2.24) is 0 Å². The molecule has 1 unspecified atom stereocenters. The maximum absolute atomic E-state index is 8.68. The van der Waals surface area contributed by atoms with Gasteiger partial charge in [0.25, 0.3) is 0 Å². The highest BCUT2D eigenvalue weighted by Crippen LogP contribution is 1.99. The molecular weight excluding hydrogens is 92.1 g/mol. The van der Waals surface area contributed by atoms with Gasteiger partial charge in [-0.3, -0.25) is 0 Å². The molecule has 0 aromatic rings. The minimum absolute atomic E-state index is 0.497. The van der Waals surface area contributed by atoms with Crippen molar-refractivity contribution in [3.8, 4) is 0 Å². The molecule has 43 valence electrons. The topological polar surface area (TPSA) is 29.5 Å². The zero-order valence-corrected chi connectivity index (χ0v) is 4.77. The summed E-state index contributed by atoms with van der Waals surface area (Å²) >= 11 is 0. The van der Waals surface area contributed by atoms with Gasteiger partial charge in [-0.05, 0) is 13.8 Å². The number of hydrogen-bond acceptors (Lipinski definition) is 2. The molecule has 2 heteroatoms. The molecule has 0 aromatic heterocycles. The second kappa shape index (κ2) is 2.28. The summed E-state index contributed by atoms with van der Waals surface area (Å²) in [5, 5.41) is 8.68. The van der Waals surface area contributed by atoms with Gasteiger partial charge >= 0.3 is 0 Å². The van der Waals surface area contributed by atoms with Crippen LogP contribution >= 0.6 is 0 Å². The van der Waals surface area contributed by atoms with Gasteiger partial charge < -0.3 is 9.84 Å². The number of rotatable bonds is 2. The molecule has 7 heavy (non-hydrogen) atoms. The maximum Gasteiger partial charge on any atom is 0.162 e. The molecule has 0 heterocycles. The van der Waals surface area contributed by atoms with Gasteiger partial charge in [-0.2, -0.15) is 0 Å². The van der Waals surface area contributed by atoms with E-state index >= 15 is 0 Å². The molecule has 0 amide bonds. The Morgan fingerprint density at radius 1 is 1.86 bits per heavy atom. The fraction of sp³-hybridized carbons (Fsp3) is 0.800. The predicted octanol–water partition coefficient (Wildman–Crippen LogP) is 0.565. The summed E-state index contributed by atoms with van der Waals surface area (Å²) in [7, 11) is 0. The van der Waals surface area contributed by atoms with E-state index in [2.05, 4.69) is 11.7 Å². The molecule has 0 saturated carbocycles. The SMILES string of the molecule is [CH2]C(C)(O)OCC. The minimum Gasteiger partial charge on any atom is -0.366 e. The Hall–Kier alpha value is -0.0800. The van der Waals surface area contributed by atoms with Gasteiger partial charge in [0.05, 0.1) is 0 Å². The van der Waals surface area contributed by atoms with Crippen LogP contribution in [0.4, 0.5) is 0 Å². The Balaban J connectivity index is 3.15. The average molecular weight is 103 g/mol. The van der Waals surface area contributed by atoms with Gasteiger partial charge in [0.15, 0.2) is 5.79 Å². The van der Waals surface area contributed by atoms with E-state index in [1.807, 2.05) is 0 Å². The second-order valence-corrected chi connectivity index (χ2v) is 1.61. The fourth-order valence-electron chi connectivity index (χ4n) is 0.311. The Bertz CT molecular complexity index is 44.5. The zero-order valence-electron chi connectivity index (χ0n) is 4.77. The average Bonchev–Trinajstić information content (AvgIpc) is 1.30. The molecule has 0 rings (SSSR count). The van der Waals surface area contributed by atoms with Gasteiger partial charge in [-0.1, -0.05) is 0 Å². The molecule has 2 nitrogen and oxygen atoms in total. The summed E-state index contributed by atoms with van der Waals surface area (Å²) in [5.41, 5.74) is 0. The van der Waals surface area contributed by atoms with E-state index in [0.717, 1.165) is 0 Å². The monoisotopic (exact) mass is 103 g/mol. The molecule has 0 aromatic carbocycles. The maximum atomic E-state index is 8.68. The van der Waals surface area contributed by atoms with E-state index in [0.29, 0.717) is 6.61 Å². The van der Waals surface area contributed by atoms with Crippen molar-refractivity contribution in [2.24, 2.45) is 0 Å². The molecule has 1 radical (unpaired) electrons. The summed E-state index contributed by atoms with van der Waals surface area (Å²) in [6, 6.07) is 0. The van der Waals surface area contributed by atoms with E-state index in [1.54, 1.807) is 6.92 Å². The molecule has 0 aliphatic rings. The third kappa shape index (κ3) is 5.92. The molecule has 1 atom stereocenters. The third-order valence-electron chi connectivity index (χ3n) is 0.455. The molecule has 0 bridgehead atoms. The van der Waals surface area contributed by atoms with Crippen molar-refractivity contribution in [2.45, 2.75) is 19.6 Å². The second-order valence-electron chi connectivity index (χ2n) is 1.61. The van der Waals surface area contributed by atoms with Crippen molar-refractivity contribution in [2.75, 3.05) is 6.61 Å². The van der Waals surface area contributed by atoms with E-state index in [4.69, 9.17) is 5.11 Å². The molecule has 0 fully saturated rings. The predicted molar refractivity (Wildman–Crippen MR) is 27.6 cm³/mol. The van der Waals surface area contributed by atoms with Crippen LogP contribution in [0.3, 0.4) is 0 Å². The first-order valence-corrected chi connectivity index (χ1v) is 2.28. The molecule has 0 aliphatic heterocycles. The van der Waals surface area contributed by atoms with E-state index in [9.17, 15) is 0 Å². The van der Waals surface area contributed by atoms with Crippen LogP contribution in [0.2, 0.25) is 0 Å². The largest absolute Gasteiger partial charge is 0.366 e. The van der Waals surface area contributed by atoms with Crippen molar-refractivity contribution in [1.29, 1.82) is 0 Å². The highest BCUT2D eigenvalue weighted by Gasteiger charge is 2.09. The Labute approximate surface area is 44.1 Å². The standard InChI is InChI=1S/C5H11O2/c1-4-7-5(2,3)6/h6H,2,4H2,1,3H3. The highest BCUT2D eigenvalue weighted by atomic mass is 16.6. The van der Waals surface area contributed by atoms with E-state index < -0.39 is 5.79 Å². The van der Waals surface area contributed by atoms with Gasteiger partial charge in [0.1, 0.15) is 0 Å². The van der Waals surface area contributed by atoms with Crippen LogP contribution in [0.5, 0.6) is 0 Å². The molecule has 0 saturated heterocycles. The lowest BCUT2D eigenvalue weighted by atomic mass is 10.4. The van der Waals surface area contributed by atoms with Crippen molar-refractivity contribution < 1.29 is 9.84 Å². The van der Waals surface area contributed by atoms with Gasteiger partial charge in [0, 0.05) is 13.5 Å². The van der Waals surface area contributed by atoms with Crippen LogP contribution in [0, 0.1) is 6.92 Å².